The third-order valence-corrected chi connectivity index (χ3v) is 4.97. The Morgan fingerprint density at radius 1 is 0.935 bits per heavy atom. The van der Waals surface area contributed by atoms with Gasteiger partial charge in [0.25, 0.3) is 5.91 Å². The SMILES string of the molecule is COc1cc(OC)cc(C(=O)Nc2cc(-c3cn4ccc(C)cc4n3)ccc2OC)c1. The Kier molecular flexibility index (Phi) is 5.49. The number of aryl methyl sites for hydroxylation is 1. The molecule has 0 radical (unpaired) electrons. The highest BCUT2D eigenvalue weighted by Crippen LogP contribution is 2.31. The number of hydrogen-bond donors (Lipinski definition) is 1. The Morgan fingerprint density at radius 2 is 1.68 bits per heavy atom. The second-order valence-corrected chi connectivity index (χ2v) is 7.07. The molecule has 1 N–H and O–H groups in total. The van der Waals surface area contributed by atoms with Gasteiger partial charge in [-0.1, -0.05) is 0 Å². The number of benzene rings is 2. The maximum atomic E-state index is 12.9. The van der Waals surface area contributed by atoms with E-state index in [0.717, 1.165) is 22.5 Å². The van der Waals surface area contributed by atoms with Gasteiger partial charge in [0.05, 0.1) is 32.7 Å². The highest BCUT2D eigenvalue weighted by Gasteiger charge is 2.15. The van der Waals surface area contributed by atoms with Crippen molar-refractivity contribution in [2.75, 3.05) is 26.6 Å². The Hall–Kier alpha value is -4.00. The molecule has 0 aliphatic rings. The molecule has 2 heterocycles. The Morgan fingerprint density at radius 3 is 2.35 bits per heavy atom. The lowest BCUT2D eigenvalue weighted by Gasteiger charge is -2.13. The summed E-state index contributed by atoms with van der Waals surface area (Å²) in [7, 11) is 4.64. The number of anilines is 1. The van der Waals surface area contributed by atoms with E-state index in [-0.39, 0.29) is 5.91 Å². The zero-order valence-corrected chi connectivity index (χ0v) is 17.8. The van der Waals surface area contributed by atoms with Crippen molar-refractivity contribution >= 4 is 17.2 Å². The van der Waals surface area contributed by atoms with E-state index in [4.69, 9.17) is 19.2 Å². The van der Waals surface area contributed by atoms with Crippen LogP contribution in [0, 0.1) is 6.92 Å². The average Bonchev–Trinajstić information content (AvgIpc) is 3.21. The minimum Gasteiger partial charge on any atom is -0.497 e. The molecule has 0 atom stereocenters. The first-order valence-corrected chi connectivity index (χ1v) is 9.69. The van der Waals surface area contributed by atoms with Gasteiger partial charge < -0.3 is 23.9 Å². The van der Waals surface area contributed by atoms with Gasteiger partial charge in [-0.3, -0.25) is 4.79 Å². The number of rotatable bonds is 6. The van der Waals surface area contributed by atoms with Gasteiger partial charge in [0.15, 0.2) is 0 Å². The summed E-state index contributed by atoms with van der Waals surface area (Å²) in [5, 5.41) is 2.92. The Labute approximate surface area is 180 Å². The number of carbonyl (C=O) groups excluding carboxylic acids is 1. The van der Waals surface area contributed by atoms with Crippen molar-refractivity contribution in [3.8, 4) is 28.5 Å². The molecular formula is C24H23N3O4. The number of ether oxygens (including phenoxy) is 3. The van der Waals surface area contributed by atoms with Gasteiger partial charge >= 0.3 is 0 Å². The number of nitrogens with one attached hydrogen (secondary N) is 1. The van der Waals surface area contributed by atoms with E-state index in [2.05, 4.69) is 5.32 Å². The zero-order valence-electron chi connectivity index (χ0n) is 17.8. The van der Waals surface area contributed by atoms with Crippen LogP contribution in [-0.4, -0.2) is 36.6 Å². The number of fused-ring (bicyclic) bond motifs is 1. The lowest BCUT2D eigenvalue weighted by Crippen LogP contribution is -2.13. The molecule has 31 heavy (non-hydrogen) atoms. The lowest BCUT2D eigenvalue weighted by molar-refractivity contribution is 0.102. The quantitative estimate of drug-likeness (QED) is 0.497. The van der Waals surface area contributed by atoms with E-state index in [1.54, 1.807) is 39.5 Å². The molecule has 7 heteroatoms. The number of carbonyl (C=O) groups is 1. The molecule has 2 aromatic heterocycles. The number of hydrogen-bond acceptors (Lipinski definition) is 5. The first kappa shape index (κ1) is 20.3. The number of pyridine rings is 1. The molecule has 7 nitrogen and oxygen atoms in total. The van der Waals surface area contributed by atoms with E-state index >= 15 is 0 Å². The Bertz CT molecular complexity index is 1240. The first-order chi connectivity index (χ1) is 15.0. The van der Waals surface area contributed by atoms with E-state index in [9.17, 15) is 4.79 Å². The standard InChI is InChI=1S/C24H23N3O4/c1-15-7-8-27-14-21(25-23(27)9-15)16-5-6-22(31-4)20(12-16)26-24(28)17-10-18(29-2)13-19(11-17)30-3/h5-14H,1-4H3,(H,26,28). The summed E-state index contributed by atoms with van der Waals surface area (Å²) >= 11 is 0. The molecule has 0 spiro atoms. The van der Waals surface area contributed by atoms with Gasteiger partial charge in [-0.05, 0) is 55.0 Å². The minimum atomic E-state index is -0.307. The van der Waals surface area contributed by atoms with Gasteiger partial charge in [0.2, 0.25) is 0 Å². The molecule has 158 valence electrons. The van der Waals surface area contributed by atoms with Crippen molar-refractivity contribution in [2.24, 2.45) is 0 Å². The van der Waals surface area contributed by atoms with Crippen LogP contribution in [-0.2, 0) is 0 Å². The number of methoxy groups -OCH3 is 3. The number of nitrogens with zero attached hydrogens (tertiary/aromatic N) is 2. The minimum absolute atomic E-state index is 0.307. The molecule has 0 unspecified atom stereocenters. The summed E-state index contributed by atoms with van der Waals surface area (Å²) in [5.41, 5.74) is 4.61. The third kappa shape index (κ3) is 4.16. The van der Waals surface area contributed by atoms with Crippen LogP contribution in [0.4, 0.5) is 5.69 Å². The van der Waals surface area contributed by atoms with Crippen LogP contribution in [0.15, 0.2) is 60.9 Å². The molecule has 0 aliphatic carbocycles. The predicted octanol–water partition coefficient (Wildman–Crippen LogP) is 4.59. The van der Waals surface area contributed by atoms with Gasteiger partial charge in [-0.15, -0.1) is 0 Å². The van der Waals surface area contributed by atoms with E-state index in [1.165, 1.54) is 0 Å². The van der Waals surface area contributed by atoms with Crippen molar-refractivity contribution < 1.29 is 19.0 Å². The van der Waals surface area contributed by atoms with Crippen molar-refractivity contribution in [2.45, 2.75) is 6.92 Å². The van der Waals surface area contributed by atoms with Gasteiger partial charge in [0.1, 0.15) is 22.9 Å². The predicted molar refractivity (Wildman–Crippen MR) is 119 cm³/mol. The normalized spacial score (nSPS) is 10.7. The molecule has 0 fully saturated rings. The molecule has 0 aliphatic heterocycles. The monoisotopic (exact) mass is 417 g/mol. The van der Waals surface area contributed by atoms with E-state index < -0.39 is 0 Å². The summed E-state index contributed by atoms with van der Waals surface area (Å²) in [6.45, 7) is 2.03. The summed E-state index contributed by atoms with van der Waals surface area (Å²) in [6, 6.07) is 14.6. The molecule has 4 aromatic rings. The lowest BCUT2D eigenvalue weighted by atomic mass is 10.1. The summed E-state index contributed by atoms with van der Waals surface area (Å²) in [4.78, 5) is 17.6. The Balaban J connectivity index is 1.68. The maximum Gasteiger partial charge on any atom is 0.256 e. The second kappa shape index (κ2) is 8.39. The fraction of sp³-hybridized carbons (Fsp3) is 0.167. The number of imidazole rings is 1. The molecule has 2 aromatic carbocycles. The fourth-order valence-electron chi connectivity index (χ4n) is 3.32. The number of amides is 1. The summed E-state index contributed by atoms with van der Waals surface area (Å²) in [6.07, 6.45) is 3.93. The molecule has 4 rings (SSSR count). The molecule has 0 saturated heterocycles. The maximum absolute atomic E-state index is 12.9. The average molecular weight is 417 g/mol. The van der Waals surface area contributed by atoms with Crippen molar-refractivity contribution in [3.63, 3.8) is 0 Å². The summed E-state index contributed by atoms with van der Waals surface area (Å²) < 4.78 is 17.9. The molecule has 0 bridgehead atoms. The van der Waals surface area contributed by atoms with Gasteiger partial charge in [0, 0.05) is 29.6 Å². The van der Waals surface area contributed by atoms with Gasteiger partial charge in [-0.2, -0.15) is 0 Å². The number of aromatic nitrogens is 2. The fourth-order valence-corrected chi connectivity index (χ4v) is 3.32. The van der Waals surface area contributed by atoms with Crippen LogP contribution in [0.2, 0.25) is 0 Å². The van der Waals surface area contributed by atoms with Crippen LogP contribution in [0.25, 0.3) is 16.9 Å². The summed E-state index contributed by atoms with van der Waals surface area (Å²) in [5.74, 6) is 1.31. The highest BCUT2D eigenvalue weighted by molar-refractivity contribution is 6.05. The van der Waals surface area contributed by atoms with Crippen molar-refractivity contribution in [1.29, 1.82) is 0 Å². The van der Waals surface area contributed by atoms with E-state index in [1.807, 2.05) is 54.0 Å². The van der Waals surface area contributed by atoms with Crippen molar-refractivity contribution in [3.05, 3.63) is 72.1 Å². The molecular weight excluding hydrogens is 394 g/mol. The zero-order chi connectivity index (χ0) is 22.0. The highest BCUT2D eigenvalue weighted by atomic mass is 16.5. The van der Waals surface area contributed by atoms with Crippen LogP contribution in [0.1, 0.15) is 15.9 Å². The molecule has 1 amide bonds. The van der Waals surface area contributed by atoms with Crippen LogP contribution in [0.5, 0.6) is 17.2 Å². The smallest absolute Gasteiger partial charge is 0.256 e. The van der Waals surface area contributed by atoms with Crippen LogP contribution >= 0.6 is 0 Å². The second-order valence-electron chi connectivity index (χ2n) is 7.07. The largest absolute Gasteiger partial charge is 0.497 e. The topological polar surface area (TPSA) is 74.1 Å². The first-order valence-electron chi connectivity index (χ1n) is 9.69. The molecule has 0 saturated carbocycles. The van der Waals surface area contributed by atoms with E-state index in [0.29, 0.717) is 28.5 Å². The van der Waals surface area contributed by atoms with Crippen LogP contribution < -0.4 is 19.5 Å². The van der Waals surface area contributed by atoms with Gasteiger partial charge in [-0.25, -0.2) is 4.98 Å². The van der Waals surface area contributed by atoms with Crippen LogP contribution in [0.3, 0.4) is 0 Å². The third-order valence-electron chi connectivity index (χ3n) is 4.97. The van der Waals surface area contributed by atoms with Crippen molar-refractivity contribution in [1.82, 2.24) is 9.38 Å².